The van der Waals surface area contributed by atoms with Gasteiger partial charge in [-0.2, -0.15) is 0 Å². The van der Waals surface area contributed by atoms with Crippen LogP contribution in [0.5, 0.6) is 0 Å². The van der Waals surface area contributed by atoms with Crippen molar-refractivity contribution in [2.45, 2.75) is 23.8 Å². The van der Waals surface area contributed by atoms with Crippen molar-refractivity contribution in [3.63, 3.8) is 0 Å². The third-order valence-electron chi connectivity index (χ3n) is 1.60. The van der Waals surface area contributed by atoms with Gasteiger partial charge in [0, 0.05) is 6.42 Å². The van der Waals surface area contributed by atoms with Crippen LogP contribution in [0.1, 0.15) is 19.8 Å². The molecule has 1 amide bonds. The van der Waals surface area contributed by atoms with E-state index in [1.807, 2.05) is 23.5 Å². The fourth-order valence-electron chi connectivity index (χ4n) is 1.10. The number of rotatable bonds is 2. The molecule has 1 heterocycles. The van der Waals surface area contributed by atoms with Crippen molar-refractivity contribution in [3.8, 4) is 0 Å². The van der Waals surface area contributed by atoms with E-state index in [9.17, 15) is 4.79 Å². The Balaban J connectivity index is 2.43. The summed E-state index contributed by atoms with van der Waals surface area (Å²) in [6, 6.07) is 0. The number of nitrogens with two attached hydrogens (primary N) is 1. The van der Waals surface area contributed by atoms with Crippen molar-refractivity contribution >= 4 is 29.4 Å². The van der Waals surface area contributed by atoms with E-state index in [1.165, 1.54) is 6.42 Å². The van der Waals surface area contributed by atoms with Crippen LogP contribution < -0.4 is 5.73 Å². The van der Waals surface area contributed by atoms with Crippen LogP contribution >= 0.6 is 23.5 Å². The summed E-state index contributed by atoms with van der Waals surface area (Å²) < 4.78 is 0.0596. The van der Waals surface area contributed by atoms with E-state index in [2.05, 4.69) is 6.92 Å². The molecule has 0 aromatic rings. The number of primary amides is 1. The van der Waals surface area contributed by atoms with Gasteiger partial charge in [-0.25, -0.2) is 0 Å². The zero-order valence-corrected chi connectivity index (χ0v) is 8.26. The fraction of sp³-hybridized carbons (Fsp3) is 0.857. The monoisotopic (exact) mass is 191 g/mol. The number of amides is 1. The van der Waals surface area contributed by atoms with E-state index in [-0.39, 0.29) is 9.99 Å². The van der Waals surface area contributed by atoms with E-state index in [0.717, 1.165) is 11.5 Å². The average Bonchev–Trinajstić information content (AvgIpc) is 1.85. The maximum absolute atomic E-state index is 10.7. The summed E-state index contributed by atoms with van der Waals surface area (Å²) in [5, 5.41) is 0. The molecule has 1 aliphatic rings. The highest BCUT2D eigenvalue weighted by molar-refractivity contribution is 8.18. The summed E-state index contributed by atoms with van der Waals surface area (Å²) in [5.74, 6) is 2.14. The second-order valence-corrected chi connectivity index (χ2v) is 6.28. The van der Waals surface area contributed by atoms with Gasteiger partial charge in [-0.3, -0.25) is 4.79 Å². The first-order chi connectivity index (χ1) is 5.12. The quantitative estimate of drug-likeness (QED) is 0.718. The van der Waals surface area contributed by atoms with Crippen LogP contribution in [-0.4, -0.2) is 21.5 Å². The first-order valence-electron chi connectivity index (χ1n) is 3.69. The molecule has 0 aromatic heterocycles. The lowest BCUT2D eigenvalue weighted by atomic mass is 10.3. The lowest BCUT2D eigenvalue weighted by Gasteiger charge is -2.30. The summed E-state index contributed by atoms with van der Waals surface area (Å²) in [7, 11) is 0. The maximum atomic E-state index is 10.7. The third kappa shape index (κ3) is 2.95. The normalized spacial score (nSPS) is 23.0. The highest BCUT2D eigenvalue weighted by Gasteiger charge is 2.29. The van der Waals surface area contributed by atoms with Crippen LogP contribution in [0.4, 0.5) is 0 Å². The van der Waals surface area contributed by atoms with Gasteiger partial charge in [-0.1, -0.05) is 0 Å². The molecule has 0 atom stereocenters. The van der Waals surface area contributed by atoms with Crippen molar-refractivity contribution in [2.24, 2.45) is 5.73 Å². The van der Waals surface area contributed by atoms with Gasteiger partial charge >= 0.3 is 0 Å². The number of hydrogen-bond donors (Lipinski definition) is 1. The van der Waals surface area contributed by atoms with Crippen molar-refractivity contribution in [1.82, 2.24) is 0 Å². The first-order valence-corrected chi connectivity index (χ1v) is 5.66. The zero-order chi connectivity index (χ0) is 8.32. The topological polar surface area (TPSA) is 43.1 Å². The predicted molar refractivity (Wildman–Crippen MR) is 51.7 cm³/mol. The Morgan fingerprint density at radius 2 is 2.09 bits per heavy atom. The number of carbonyl (C=O) groups excluding carboxylic acids is 1. The molecule has 1 aliphatic heterocycles. The van der Waals surface area contributed by atoms with Crippen molar-refractivity contribution in [1.29, 1.82) is 0 Å². The van der Waals surface area contributed by atoms with Crippen LogP contribution in [0.3, 0.4) is 0 Å². The smallest absolute Gasteiger partial charge is 0.219 e. The molecule has 2 N–H and O–H groups in total. The molecular formula is C7H13NOS2. The molecule has 0 bridgehead atoms. The first kappa shape index (κ1) is 9.26. The Hall–Kier alpha value is 0.170. The summed E-state index contributed by atoms with van der Waals surface area (Å²) in [5.41, 5.74) is 5.14. The van der Waals surface area contributed by atoms with Gasteiger partial charge in [0.2, 0.25) is 5.91 Å². The van der Waals surface area contributed by atoms with Crippen LogP contribution in [-0.2, 0) is 4.79 Å². The van der Waals surface area contributed by atoms with E-state index in [1.54, 1.807) is 0 Å². The molecule has 11 heavy (non-hydrogen) atoms. The SMILES string of the molecule is CC1(CC(N)=O)SCCCS1. The minimum Gasteiger partial charge on any atom is -0.370 e. The molecule has 64 valence electrons. The number of thioether (sulfide) groups is 2. The van der Waals surface area contributed by atoms with Gasteiger partial charge in [0.15, 0.2) is 0 Å². The third-order valence-corrected chi connectivity index (χ3v) is 4.80. The van der Waals surface area contributed by atoms with Crippen molar-refractivity contribution < 1.29 is 4.79 Å². The maximum Gasteiger partial charge on any atom is 0.219 e. The molecule has 1 saturated heterocycles. The van der Waals surface area contributed by atoms with Gasteiger partial charge in [-0.05, 0) is 24.9 Å². The molecule has 2 nitrogen and oxygen atoms in total. The zero-order valence-electron chi connectivity index (χ0n) is 6.63. The summed E-state index contributed by atoms with van der Waals surface area (Å²) >= 11 is 3.71. The predicted octanol–water partition coefficient (Wildman–Crippen LogP) is 1.45. The second-order valence-electron chi connectivity index (χ2n) is 2.83. The Morgan fingerprint density at radius 1 is 1.55 bits per heavy atom. The molecule has 0 saturated carbocycles. The van der Waals surface area contributed by atoms with E-state index in [0.29, 0.717) is 6.42 Å². The minimum atomic E-state index is -0.186. The van der Waals surface area contributed by atoms with Crippen LogP contribution in [0, 0.1) is 0 Å². The fourth-order valence-corrected chi connectivity index (χ4v) is 4.04. The molecule has 0 spiro atoms. The Bertz CT molecular complexity index is 155. The molecular weight excluding hydrogens is 178 g/mol. The molecule has 0 aromatic carbocycles. The molecule has 1 rings (SSSR count). The number of carbonyl (C=O) groups is 1. The Kier molecular flexibility index (Phi) is 3.13. The van der Waals surface area contributed by atoms with Crippen LogP contribution in [0.2, 0.25) is 0 Å². The summed E-state index contributed by atoms with van der Waals surface area (Å²) in [6.07, 6.45) is 1.76. The van der Waals surface area contributed by atoms with Crippen molar-refractivity contribution in [2.75, 3.05) is 11.5 Å². The molecule has 0 unspecified atom stereocenters. The molecule has 1 fully saturated rings. The van der Waals surface area contributed by atoms with Gasteiger partial charge in [0.1, 0.15) is 0 Å². The van der Waals surface area contributed by atoms with E-state index in [4.69, 9.17) is 5.73 Å². The molecule has 0 aliphatic carbocycles. The van der Waals surface area contributed by atoms with Gasteiger partial charge < -0.3 is 5.73 Å². The highest BCUT2D eigenvalue weighted by atomic mass is 32.2. The van der Waals surface area contributed by atoms with E-state index >= 15 is 0 Å². The highest BCUT2D eigenvalue weighted by Crippen LogP contribution is 2.43. The molecule has 4 heteroatoms. The summed E-state index contributed by atoms with van der Waals surface area (Å²) in [4.78, 5) is 10.7. The second kappa shape index (κ2) is 3.72. The molecule has 0 radical (unpaired) electrons. The number of hydrogen-bond acceptors (Lipinski definition) is 3. The van der Waals surface area contributed by atoms with Gasteiger partial charge in [0.25, 0.3) is 0 Å². The van der Waals surface area contributed by atoms with Crippen molar-refractivity contribution in [3.05, 3.63) is 0 Å². The average molecular weight is 191 g/mol. The lowest BCUT2D eigenvalue weighted by Crippen LogP contribution is -2.28. The van der Waals surface area contributed by atoms with Gasteiger partial charge in [-0.15, -0.1) is 23.5 Å². The standard InChI is InChI=1S/C7H13NOS2/c1-7(5-6(8)9)10-3-2-4-11-7/h2-5H2,1H3,(H2,8,9). The van der Waals surface area contributed by atoms with E-state index < -0.39 is 0 Å². The summed E-state index contributed by atoms with van der Waals surface area (Å²) in [6.45, 7) is 2.10. The minimum absolute atomic E-state index is 0.0596. The van der Waals surface area contributed by atoms with Crippen LogP contribution in [0.15, 0.2) is 0 Å². The largest absolute Gasteiger partial charge is 0.370 e. The van der Waals surface area contributed by atoms with Crippen LogP contribution in [0.25, 0.3) is 0 Å². The Labute approximate surface area is 75.7 Å². The van der Waals surface area contributed by atoms with Gasteiger partial charge in [0.05, 0.1) is 4.08 Å². The Morgan fingerprint density at radius 3 is 2.55 bits per heavy atom. The lowest BCUT2D eigenvalue weighted by molar-refractivity contribution is -0.118.